The van der Waals surface area contributed by atoms with E-state index in [1.807, 2.05) is 0 Å². The fourth-order valence-electron chi connectivity index (χ4n) is 1.90. The molecule has 0 aromatic heterocycles. The summed E-state index contributed by atoms with van der Waals surface area (Å²) in [5, 5.41) is 9.53. The molecule has 0 bridgehead atoms. The summed E-state index contributed by atoms with van der Waals surface area (Å²) in [6.45, 7) is 0.505. The Kier molecular flexibility index (Phi) is 3.41. The molecule has 2 unspecified atom stereocenters. The Balaban J connectivity index is 2.21. The molecule has 88 valence electrons. The predicted octanol–water partition coefficient (Wildman–Crippen LogP) is 2.05. The Morgan fingerprint density at radius 1 is 1.44 bits per heavy atom. The van der Waals surface area contributed by atoms with Crippen molar-refractivity contribution in [2.75, 3.05) is 13.7 Å². The van der Waals surface area contributed by atoms with Crippen LogP contribution in [0.25, 0.3) is 0 Å². The van der Waals surface area contributed by atoms with E-state index in [0.717, 1.165) is 5.56 Å². The quantitative estimate of drug-likeness (QED) is 0.838. The van der Waals surface area contributed by atoms with E-state index < -0.39 is 0 Å². The molecule has 1 aromatic rings. The van der Waals surface area contributed by atoms with Crippen LogP contribution < -0.4 is 4.74 Å². The van der Waals surface area contributed by atoms with Gasteiger partial charge in [0, 0.05) is 19.1 Å². The molecule has 2 atom stereocenters. The third kappa shape index (κ3) is 2.51. The summed E-state index contributed by atoms with van der Waals surface area (Å²) in [6, 6.07) is 4.49. The predicted molar refractivity (Wildman–Crippen MR) is 56.9 cm³/mol. The lowest BCUT2D eigenvalue weighted by Crippen LogP contribution is -2.23. The SMILES string of the molecule is COc1cc(F)cc(C2CC(O)CCO2)c1. The minimum absolute atomic E-state index is 0.242. The number of hydrogen-bond donors (Lipinski definition) is 1. The van der Waals surface area contributed by atoms with Crippen molar-refractivity contribution in [2.45, 2.75) is 25.0 Å². The van der Waals surface area contributed by atoms with Gasteiger partial charge in [0.05, 0.1) is 19.3 Å². The molecule has 1 aromatic carbocycles. The van der Waals surface area contributed by atoms with Crippen LogP contribution in [0.15, 0.2) is 18.2 Å². The average molecular weight is 226 g/mol. The Labute approximate surface area is 93.8 Å². The first kappa shape index (κ1) is 11.4. The molecule has 3 nitrogen and oxygen atoms in total. The molecule has 0 saturated carbocycles. The molecule has 0 spiro atoms. The Morgan fingerprint density at radius 2 is 2.25 bits per heavy atom. The number of hydrogen-bond acceptors (Lipinski definition) is 3. The van der Waals surface area contributed by atoms with Crippen LogP contribution in [0.5, 0.6) is 5.75 Å². The van der Waals surface area contributed by atoms with Gasteiger partial charge >= 0.3 is 0 Å². The van der Waals surface area contributed by atoms with Crippen molar-refractivity contribution in [1.82, 2.24) is 0 Å². The van der Waals surface area contributed by atoms with Gasteiger partial charge in [0.2, 0.25) is 0 Å². The van der Waals surface area contributed by atoms with Gasteiger partial charge in [-0.2, -0.15) is 0 Å². The van der Waals surface area contributed by atoms with Crippen LogP contribution in [0.3, 0.4) is 0 Å². The summed E-state index contributed by atoms with van der Waals surface area (Å²) in [5.74, 6) is 0.122. The zero-order valence-electron chi connectivity index (χ0n) is 9.15. The van der Waals surface area contributed by atoms with E-state index in [0.29, 0.717) is 25.2 Å². The smallest absolute Gasteiger partial charge is 0.127 e. The minimum Gasteiger partial charge on any atom is -0.497 e. The van der Waals surface area contributed by atoms with E-state index >= 15 is 0 Å². The second-order valence-electron chi connectivity index (χ2n) is 3.96. The summed E-state index contributed by atoms with van der Waals surface area (Å²) in [5.41, 5.74) is 0.718. The van der Waals surface area contributed by atoms with Gasteiger partial charge in [0.15, 0.2) is 0 Å². The summed E-state index contributed by atoms with van der Waals surface area (Å²) in [4.78, 5) is 0. The molecule has 0 aliphatic carbocycles. The topological polar surface area (TPSA) is 38.7 Å². The number of methoxy groups -OCH3 is 1. The molecular weight excluding hydrogens is 211 g/mol. The van der Waals surface area contributed by atoms with E-state index in [4.69, 9.17) is 9.47 Å². The van der Waals surface area contributed by atoms with E-state index in [9.17, 15) is 9.50 Å². The molecule has 1 saturated heterocycles. The Hall–Kier alpha value is -1.13. The van der Waals surface area contributed by atoms with Gasteiger partial charge in [-0.3, -0.25) is 0 Å². The molecular formula is C12H15FO3. The van der Waals surface area contributed by atoms with E-state index in [-0.39, 0.29) is 18.0 Å². The van der Waals surface area contributed by atoms with Gasteiger partial charge in [-0.1, -0.05) is 0 Å². The molecule has 4 heteroatoms. The zero-order valence-corrected chi connectivity index (χ0v) is 9.15. The number of rotatable bonds is 2. The second kappa shape index (κ2) is 4.80. The number of aliphatic hydroxyl groups excluding tert-OH is 1. The van der Waals surface area contributed by atoms with Gasteiger partial charge in [0.25, 0.3) is 0 Å². The standard InChI is InChI=1S/C12H15FO3/c1-15-11-5-8(4-9(13)6-11)12-7-10(14)2-3-16-12/h4-6,10,12,14H,2-3,7H2,1H3. The molecule has 1 N–H and O–H groups in total. The van der Waals surface area contributed by atoms with Gasteiger partial charge < -0.3 is 14.6 Å². The molecule has 1 aliphatic rings. The molecule has 1 heterocycles. The van der Waals surface area contributed by atoms with E-state index in [1.54, 1.807) is 6.07 Å². The van der Waals surface area contributed by atoms with Crippen LogP contribution in [0.4, 0.5) is 4.39 Å². The van der Waals surface area contributed by atoms with Crippen LogP contribution in [0.1, 0.15) is 24.5 Å². The third-order valence-corrected chi connectivity index (χ3v) is 2.76. The molecule has 16 heavy (non-hydrogen) atoms. The van der Waals surface area contributed by atoms with Crippen LogP contribution in [-0.2, 0) is 4.74 Å². The summed E-state index contributed by atoms with van der Waals surface area (Å²) < 4.78 is 23.8. The number of ether oxygens (including phenoxy) is 2. The van der Waals surface area contributed by atoms with Crippen LogP contribution in [0.2, 0.25) is 0 Å². The lowest BCUT2D eigenvalue weighted by Gasteiger charge is -2.27. The number of benzene rings is 1. The third-order valence-electron chi connectivity index (χ3n) is 2.76. The van der Waals surface area contributed by atoms with Crippen molar-refractivity contribution in [3.8, 4) is 5.75 Å². The number of halogens is 1. The van der Waals surface area contributed by atoms with Crippen molar-refractivity contribution < 1.29 is 19.0 Å². The lowest BCUT2D eigenvalue weighted by atomic mass is 9.99. The first-order chi connectivity index (χ1) is 7.69. The Bertz CT molecular complexity index is 367. The Morgan fingerprint density at radius 3 is 2.94 bits per heavy atom. The van der Waals surface area contributed by atoms with E-state index in [2.05, 4.69) is 0 Å². The summed E-state index contributed by atoms with van der Waals surface area (Å²) in [7, 11) is 1.50. The highest BCUT2D eigenvalue weighted by Gasteiger charge is 2.23. The largest absolute Gasteiger partial charge is 0.497 e. The van der Waals surface area contributed by atoms with Crippen LogP contribution in [0, 0.1) is 5.82 Å². The molecule has 0 radical (unpaired) electrons. The van der Waals surface area contributed by atoms with Crippen LogP contribution in [-0.4, -0.2) is 24.9 Å². The first-order valence-corrected chi connectivity index (χ1v) is 5.33. The normalized spacial score (nSPS) is 25.4. The highest BCUT2D eigenvalue weighted by Crippen LogP contribution is 2.30. The van der Waals surface area contributed by atoms with Crippen molar-refractivity contribution in [3.63, 3.8) is 0 Å². The first-order valence-electron chi connectivity index (χ1n) is 5.33. The lowest BCUT2D eigenvalue weighted by molar-refractivity contribution is -0.0449. The maximum Gasteiger partial charge on any atom is 0.127 e. The zero-order chi connectivity index (χ0) is 11.5. The molecule has 2 rings (SSSR count). The van der Waals surface area contributed by atoms with Crippen molar-refractivity contribution in [2.24, 2.45) is 0 Å². The van der Waals surface area contributed by atoms with Crippen molar-refractivity contribution in [1.29, 1.82) is 0 Å². The maximum absolute atomic E-state index is 13.3. The monoisotopic (exact) mass is 226 g/mol. The second-order valence-corrected chi connectivity index (χ2v) is 3.96. The average Bonchev–Trinajstić information content (AvgIpc) is 2.28. The van der Waals surface area contributed by atoms with Gasteiger partial charge in [-0.25, -0.2) is 4.39 Å². The highest BCUT2D eigenvalue weighted by atomic mass is 19.1. The van der Waals surface area contributed by atoms with Crippen molar-refractivity contribution >= 4 is 0 Å². The van der Waals surface area contributed by atoms with E-state index in [1.165, 1.54) is 19.2 Å². The maximum atomic E-state index is 13.3. The molecule has 1 aliphatic heterocycles. The summed E-state index contributed by atoms with van der Waals surface area (Å²) in [6.07, 6.45) is 0.539. The summed E-state index contributed by atoms with van der Waals surface area (Å²) >= 11 is 0. The van der Waals surface area contributed by atoms with Crippen LogP contribution >= 0.6 is 0 Å². The fourth-order valence-corrected chi connectivity index (χ4v) is 1.90. The molecule has 1 fully saturated rings. The highest BCUT2D eigenvalue weighted by molar-refractivity contribution is 5.31. The van der Waals surface area contributed by atoms with Gasteiger partial charge in [-0.05, 0) is 24.1 Å². The minimum atomic E-state index is -0.368. The fraction of sp³-hybridized carbons (Fsp3) is 0.500. The van der Waals surface area contributed by atoms with Gasteiger partial charge in [0.1, 0.15) is 11.6 Å². The number of aliphatic hydroxyl groups is 1. The van der Waals surface area contributed by atoms with Crippen molar-refractivity contribution in [3.05, 3.63) is 29.6 Å². The molecule has 0 amide bonds. The van der Waals surface area contributed by atoms with Gasteiger partial charge in [-0.15, -0.1) is 0 Å².